The molecule has 1 N–H and O–H groups in total. The van der Waals surface area contributed by atoms with Crippen LogP contribution in [0.4, 0.5) is 5.13 Å². The highest BCUT2D eigenvalue weighted by Gasteiger charge is 2.21. The number of thiazole rings is 1. The van der Waals surface area contributed by atoms with Crippen LogP contribution in [0.3, 0.4) is 0 Å². The zero-order chi connectivity index (χ0) is 14.8. The van der Waals surface area contributed by atoms with Gasteiger partial charge in [0.05, 0.1) is 0 Å². The average molecular weight is 288 g/mol. The maximum absolute atomic E-state index is 4.28. The summed E-state index contributed by atoms with van der Waals surface area (Å²) in [7, 11) is 0. The molecule has 2 aromatic rings. The predicted octanol–water partition coefficient (Wildman–Crippen LogP) is 4.75. The molecule has 108 valence electrons. The van der Waals surface area contributed by atoms with Crippen LogP contribution in [0.2, 0.25) is 0 Å². The van der Waals surface area contributed by atoms with Crippen molar-refractivity contribution in [2.24, 2.45) is 5.41 Å². The van der Waals surface area contributed by atoms with E-state index in [0.717, 1.165) is 18.1 Å². The van der Waals surface area contributed by atoms with E-state index in [2.05, 4.69) is 57.1 Å². The topological polar surface area (TPSA) is 24.9 Å². The highest BCUT2D eigenvalue weighted by atomic mass is 32.1. The third kappa shape index (κ3) is 3.83. The van der Waals surface area contributed by atoms with Gasteiger partial charge >= 0.3 is 0 Å². The molecule has 0 saturated carbocycles. The molecule has 0 unspecified atom stereocenters. The molecule has 20 heavy (non-hydrogen) atoms. The van der Waals surface area contributed by atoms with Gasteiger partial charge in [-0.25, -0.2) is 4.98 Å². The molecule has 2 rings (SSSR count). The Balaban J connectivity index is 2.07. The lowest BCUT2D eigenvalue weighted by atomic mass is 9.82. The van der Waals surface area contributed by atoms with E-state index >= 15 is 0 Å². The zero-order valence-corrected chi connectivity index (χ0v) is 13.9. The number of anilines is 1. The molecule has 0 radical (unpaired) electrons. The first-order chi connectivity index (χ1) is 9.37. The Hall–Kier alpha value is -1.35. The van der Waals surface area contributed by atoms with Crippen molar-refractivity contribution >= 4 is 16.5 Å². The Labute approximate surface area is 126 Å². The first kappa shape index (κ1) is 15.0. The van der Waals surface area contributed by atoms with Crippen molar-refractivity contribution in [2.45, 2.75) is 41.0 Å². The van der Waals surface area contributed by atoms with Crippen molar-refractivity contribution in [3.63, 3.8) is 0 Å². The molecule has 0 atom stereocenters. The first-order valence-corrected chi connectivity index (χ1v) is 7.95. The Kier molecular flexibility index (Phi) is 4.48. The molecule has 2 nitrogen and oxygen atoms in total. The van der Waals surface area contributed by atoms with E-state index in [4.69, 9.17) is 0 Å². The summed E-state index contributed by atoms with van der Waals surface area (Å²) in [5.74, 6) is 0. The smallest absolute Gasteiger partial charge is 0.182 e. The largest absolute Gasteiger partial charge is 0.361 e. The molecule has 0 aliphatic rings. The van der Waals surface area contributed by atoms with E-state index in [1.54, 1.807) is 11.3 Å². The van der Waals surface area contributed by atoms with Crippen LogP contribution >= 0.6 is 11.3 Å². The lowest BCUT2D eigenvalue weighted by Crippen LogP contribution is -2.26. The molecule has 0 amide bonds. The third-order valence-electron chi connectivity index (χ3n) is 3.65. The van der Waals surface area contributed by atoms with E-state index in [1.807, 2.05) is 11.6 Å². The lowest BCUT2D eigenvalue weighted by Gasteiger charge is -2.27. The number of aromatic nitrogens is 1. The van der Waals surface area contributed by atoms with Crippen LogP contribution in [0.25, 0.3) is 0 Å². The molecular weight excluding hydrogens is 264 g/mol. The number of hydrogen-bond donors (Lipinski definition) is 1. The lowest BCUT2D eigenvalue weighted by molar-refractivity contribution is 0.388. The molecule has 0 fully saturated rings. The van der Waals surface area contributed by atoms with Crippen LogP contribution in [0, 0.1) is 26.2 Å². The predicted molar refractivity (Wildman–Crippen MR) is 88.7 cm³/mol. The SMILES string of the molecule is Cc1cc(C)c(CC(C)(C)CNc2nccs2)c(C)c1. The fourth-order valence-corrected chi connectivity index (χ4v) is 3.18. The number of nitrogens with zero attached hydrogens (tertiary/aromatic N) is 1. The van der Waals surface area contributed by atoms with Gasteiger partial charge in [-0.05, 0) is 49.3 Å². The summed E-state index contributed by atoms with van der Waals surface area (Å²) in [6.07, 6.45) is 2.93. The normalized spacial score (nSPS) is 11.7. The summed E-state index contributed by atoms with van der Waals surface area (Å²) < 4.78 is 0. The van der Waals surface area contributed by atoms with Gasteiger partial charge in [-0.1, -0.05) is 31.5 Å². The second-order valence-electron chi connectivity index (χ2n) is 6.41. The molecule has 1 aromatic heterocycles. The molecule has 0 bridgehead atoms. The summed E-state index contributed by atoms with van der Waals surface area (Å²) in [4.78, 5) is 4.28. The summed E-state index contributed by atoms with van der Waals surface area (Å²) in [5, 5.41) is 6.46. The molecular formula is C17H24N2S. The molecule has 3 heteroatoms. The fourth-order valence-electron chi connectivity index (χ4n) is 2.66. The van der Waals surface area contributed by atoms with E-state index in [0.29, 0.717) is 0 Å². The maximum atomic E-state index is 4.28. The minimum Gasteiger partial charge on any atom is -0.361 e. The van der Waals surface area contributed by atoms with Crippen molar-refractivity contribution in [1.82, 2.24) is 4.98 Å². The highest BCUT2D eigenvalue weighted by molar-refractivity contribution is 7.13. The van der Waals surface area contributed by atoms with E-state index in [1.165, 1.54) is 22.3 Å². The van der Waals surface area contributed by atoms with Crippen molar-refractivity contribution in [3.8, 4) is 0 Å². The monoisotopic (exact) mass is 288 g/mol. The molecule has 0 aliphatic carbocycles. The van der Waals surface area contributed by atoms with Gasteiger partial charge in [0.2, 0.25) is 0 Å². The van der Waals surface area contributed by atoms with Crippen LogP contribution < -0.4 is 5.32 Å². The maximum Gasteiger partial charge on any atom is 0.182 e. The Morgan fingerprint density at radius 1 is 1.15 bits per heavy atom. The summed E-state index contributed by atoms with van der Waals surface area (Å²) in [6, 6.07) is 4.57. The van der Waals surface area contributed by atoms with E-state index in [-0.39, 0.29) is 5.41 Å². The number of hydrogen-bond acceptors (Lipinski definition) is 3. The third-order valence-corrected chi connectivity index (χ3v) is 4.38. The van der Waals surface area contributed by atoms with Gasteiger partial charge in [0, 0.05) is 18.1 Å². The van der Waals surface area contributed by atoms with Gasteiger partial charge in [0.25, 0.3) is 0 Å². The van der Waals surface area contributed by atoms with Gasteiger partial charge in [-0.2, -0.15) is 0 Å². The second kappa shape index (κ2) is 5.96. The quantitative estimate of drug-likeness (QED) is 0.859. The molecule has 0 saturated heterocycles. The number of aryl methyl sites for hydroxylation is 3. The number of rotatable bonds is 5. The first-order valence-electron chi connectivity index (χ1n) is 7.07. The van der Waals surface area contributed by atoms with Gasteiger partial charge in [-0.15, -0.1) is 11.3 Å². The summed E-state index contributed by atoms with van der Waals surface area (Å²) in [6.45, 7) is 12.2. The zero-order valence-electron chi connectivity index (χ0n) is 13.1. The second-order valence-corrected chi connectivity index (χ2v) is 7.30. The van der Waals surface area contributed by atoms with Crippen molar-refractivity contribution in [3.05, 3.63) is 46.0 Å². The van der Waals surface area contributed by atoms with Gasteiger partial charge in [-0.3, -0.25) is 0 Å². The minimum atomic E-state index is 0.205. The van der Waals surface area contributed by atoms with Crippen LogP contribution in [0.5, 0.6) is 0 Å². The standard InChI is InChI=1S/C17H24N2S/c1-12-8-13(2)15(14(3)9-12)10-17(4,5)11-19-16-18-6-7-20-16/h6-9H,10-11H2,1-5H3,(H,18,19). The van der Waals surface area contributed by atoms with Crippen LogP contribution in [-0.2, 0) is 6.42 Å². The van der Waals surface area contributed by atoms with Crippen molar-refractivity contribution in [2.75, 3.05) is 11.9 Å². The van der Waals surface area contributed by atoms with Gasteiger partial charge < -0.3 is 5.32 Å². The van der Waals surface area contributed by atoms with Gasteiger partial charge in [0.1, 0.15) is 0 Å². The number of benzene rings is 1. The van der Waals surface area contributed by atoms with Crippen LogP contribution in [0.15, 0.2) is 23.7 Å². The summed E-state index contributed by atoms with van der Waals surface area (Å²) in [5.41, 5.74) is 5.86. The van der Waals surface area contributed by atoms with E-state index < -0.39 is 0 Å². The molecule has 0 spiro atoms. The molecule has 0 aliphatic heterocycles. The highest BCUT2D eigenvalue weighted by Crippen LogP contribution is 2.27. The van der Waals surface area contributed by atoms with Crippen LogP contribution in [0.1, 0.15) is 36.1 Å². The number of nitrogens with one attached hydrogen (secondary N) is 1. The molecule has 1 heterocycles. The fraction of sp³-hybridized carbons (Fsp3) is 0.471. The van der Waals surface area contributed by atoms with E-state index in [9.17, 15) is 0 Å². The Bertz CT molecular complexity index is 548. The van der Waals surface area contributed by atoms with Crippen molar-refractivity contribution < 1.29 is 0 Å². The Morgan fingerprint density at radius 3 is 2.35 bits per heavy atom. The summed E-state index contributed by atoms with van der Waals surface area (Å²) >= 11 is 1.66. The van der Waals surface area contributed by atoms with Crippen molar-refractivity contribution in [1.29, 1.82) is 0 Å². The average Bonchev–Trinajstić information content (AvgIpc) is 2.85. The Morgan fingerprint density at radius 2 is 1.80 bits per heavy atom. The van der Waals surface area contributed by atoms with Crippen LogP contribution in [-0.4, -0.2) is 11.5 Å². The molecule has 1 aromatic carbocycles. The van der Waals surface area contributed by atoms with Gasteiger partial charge in [0.15, 0.2) is 5.13 Å². The minimum absolute atomic E-state index is 0.205.